The number of aryl methyl sites for hydroxylation is 1. The van der Waals surface area contributed by atoms with Gasteiger partial charge in [0.15, 0.2) is 0 Å². The van der Waals surface area contributed by atoms with Gasteiger partial charge in [0, 0.05) is 25.2 Å². The molecule has 0 aromatic heterocycles. The number of anilines is 1. The molecule has 3 rings (SSSR count). The topological polar surface area (TPSA) is 30.5 Å². The second-order valence-electron chi connectivity index (χ2n) is 6.03. The van der Waals surface area contributed by atoms with Gasteiger partial charge in [-0.2, -0.15) is 0 Å². The van der Waals surface area contributed by atoms with E-state index in [9.17, 15) is 0 Å². The van der Waals surface area contributed by atoms with Crippen molar-refractivity contribution in [3.8, 4) is 5.75 Å². The predicted octanol–water partition coefficient (Wildman–Crippen LogP) is 3.24. The normalized spacial score (nSPS) is 21.3. The van der Waals surface area contributed by atoms with Crippen LogP contribution in [0.3, 0.4) is 0 Å². The largest absolute Gasteiger partial charge is 0.491 e. The van der Waals surface area contributed by atoms with Gasteiger partial charge in [0.1, 0.15) is 5.75 Å². The molecule has 2 aliphatic heterocycles. The van der Waals surface area contributed by atoms with Crippen LogP contribution in [0.25, 0.3) is 0 Å². The van der Waals surface area contributed by atoms with Crippen molar-refractivity contribution in [3.63, 3.8) is 0 Å². The zero-order chi connectivity index (χ0) is 13.1. The molecule has 3 nitrogen and oxygen atoms in total. The summed E-state index contributed by atoms with van der Waals surface area (Å²) in [5, 5.41) is 3.48. The summed E-state index contributed by atoms with van der Waals surface area (Å²) in [6, 6.07) is 6.39. The van der Waals surface area contributed by atoms with E-state index in [1.165, 1.54) is 17.7 Å². The summed E-state index contributed by atoms with van der Waals surface area (Å²) >= 11 is 0. The van der Waals surface area contributed by atoms with E-state index in [0.717, 1.165) is 51.4 Å². The van der Waals surface area contributed by atoms with Crippen LogP contribution in [0.5, 0.6) is 5.75 Å². The Kier molecular flexibility index (Phi) is 3.65. The van der Waals surface area contributed by atoms with Gasteiger partial charge in [-0.15, -0.1) is 0 Å². The molecule has 1 saturated heterocycles. The number of fused-ring (bicyclic) bond motifs is 1. The SMILES string of the molecule is CC1(COc2cccc3c2NCCC3)CCOCC1. The van der Waals surface area contributed by atoms with E-state index in [0.29, 0.717) is 0 Å². The first-order chi connectivity index (χ1) is 9.27. The molecule has 0 atom stereocenters. The molecular weight excluding hydrogens is 238 g/mol. The summed E-state index contributed by atoms with van der Waals surface area (Å²) in [5.74, 6) is 1.02. The molecule has 0 radical (unpaired) electrons. The molecule has 3 heteroatoms. The van der Waals surface area contributed by atoms with Gasteiger partial charge in [0.25, 0.3) is 0 Å². The summed E-state index contributed by atoms with van der Waals surface area (Å²) in [6.45, 7) is 5.88. The van der Waals surface area contributed by atoms with Crippen molar-refractivity contribution in [3.05, 3.63) is 23.8 Å². The summed E-state index contributed by atoms with van der Waals surface area (Å²) in [4.78, 5) is 0. The first-order valence-corrected chi connectivity index (χ1v) is 7.33. The van der Waals surface area contributed by atoms with Crippen molar-refractivity contribution in [2.24, 2.45) is 5.41 Å². The van der Waals surface area contributed by atoms with Crippen LogP contribution >= 0.6 is 0 Å². The number of hydrogen-bond donors (Lipinski definition) is 1. The highest BCUT2D eigenvalue weighted by molar-refractivity contribution is 5.63. The van der Waals surface area contributed by atoms with Crippen LogP contribution in [-0.2, 0) is 11.2 Å². The molecule has 0 aliphatic carbocycles. The van der Waals surface area contributed by atoms with Crippen molar-refractivity contribution < 1.29 is 9.47 Å². The Bertz CT molecular complexity index is 438. The van der Waals surface area contributed by atoms with Gasteiger partial charge >= 0.3 is 0 Å². The number of hydrogen-bond acceptors (Lipinski definition) is 3. The molecule has 1 fully saturated rings. The highest BCUT2D eigenvalue weighted by Gasteiger charge is 2.28. The number of ether oxygens (including phenoxy) is 2. The molecule has 0 bridgehead atoms. The molecular formula is C16H23NO2. The van der Waals surface area contributed by atoms with Crippen molar-refractivity contribution in [1.29, 1.82) is 0 Å². The lowest BCUT2D eigenvalue weighted by Gasteiger charge is -2.33. The van der Waals surface area contributed by atoms with E-state index >= 15 is 0 Å². The number of para-hydroxylation sites is 1. The van der Waals surface area contributed by atoms with Gasteiger partial charge < -0.3 is 14.8 Å². The molecule has 19 heavy (non-hydrogen) atoms. The minimum atomic E-state index is 0.260. The van der Waals surface area contributed by atoms with Crippen LogP contribution < -0.4 is 10.1 Å². The van der Waals surface area contributed by atoms with Crippen molar-refractivity contribution in [2.45, 2.75) is 32.6 Å². The molecule has 2 heterocycles. The summed E-state index contributed by atoms with van der Waals surface area (Å²) < 4.78 is 11.6. The van der Waals surface area contributed by atoms with Crippen LogP contribution in [0.15, 0.2) is 18.2 Å². The maximum Gasteiger partial charge on any atom is 0.142 e. The van der Waals surface area contributed by atoms with Gasteiger partial charge in [-0.3, -0.25) is 0 Å². The highest BCUT2D eigenvalue weighted by atomic mass is 16.5. The average Bonchev–Trinajstić information content (AvgIpc) is 2.46. The van der Waals surface area contributed by atoms with Gasteiger partial charge in [-0.25, -0.2) is 0 Å². The quantitative estimate of drug-likeness (QED) is 0.906. The van der Waals surface area contributed by atoms with E-state index in [4.69, 9.17) is 9.47 Å². The maximum atomic E-state index is 6.13. The molecule has 2 aliphatic rings. The fourth-order valence-electron chi connectivity index (χ4n) is 2.86. The molecule has 1 N–H and O–H groups in total. The van der Waals surface area contributed by atoms with Crippen LogP contribution in [0.2, 0.25) is 0 Å². The Hall–Kier alpha value is -1.22. The molecule has 104 valence electrons. The smallest absolute Gasteiger partial charge is 0.142 e. The van der Waals surface area contributed by atoms with Gasteiger partial charge in [-0.05, 0) is 37.3 Å². The molecule has 0 amide bonds. The van der Waals surface area contributed by atoms with Gasteiger partial charge in [0.05, 0.1) is 12.3 Å². The Labute approximate surface area is 115 Å². The molecule has 0 spiro atoms. The average molecular weight is 261 g/mol. The Morgan fingerprint density at radius 1 is 1.32 bits per heavy atom. The minimum Gasteiger partial charge on any atom is -0.491 e. The second-order valence-corrected chi connectivity index (χ2v) is 6.03. The lowest BCUT2D eigenvalue weighted by Crippen LogP contribution is -2.32. The molecule has 0 saturated carbocycles. The molecule has 0 unspecified atom stereocenters. The predicted molar refractivity (Wildman–Crippen MR) is 76.9 cm³/mol. The number of nitrogens with one attached hydrogen (secondary N) is 1. The first-order valence-electron chi connectivity index (χ1n) is 7.33. The van der Waals surface area contributed by atoms with E-state index in [-0.39, 0.29) is 5.41 Å². The third-order valence-electron chi connectivity index (χ3n) is 4.31. The van der Waals surface area contributed by atoms with Gasteiger partial charge in [0.2, 0.25) is 0 Å². The van der Waals surface area contributed by atoms with E-state index in [2.05, 4.69) is 30.4 Å². The minimum absolute atomic E-state index is 0.260. The fraction of sp³-hybridized carbons (Fsp3) is 0.625. The zero-order valence-electron chi connectivity index (χ0n) is 11.7. The van der Waals surface area contributed by atoms with Crippen molar-refractivity contribution in [2.75, 3.05) is 31.7 Å². The van der Waals surface area contributed by atoms with Crippen molar-refractivity contribution >= 4 is 5.69 Å². The highest BCUT2D eigenvalue weighted by Crippen LogP contribution is 2.35. The Morgan fingerprint density at radius 3 is 3.00 bits per heavy atom. The lowest BCUT2D eigenvalue weighted by atomic mass is 9.83. The molecule has 1 aromatic rings. The second kappa shape index (κ2) is 5.41. The third kappa shape index (κ3) is 2.86. The maximum absolute atomic E-state index is 6.13. The van der Waals surface area contributed by atoms with Crippen LogP contribution in [0.1, 0.15) is 31.7 Å². The summed E-state index contributed by atoms with van der Waals surface area (Å²) in [5.41, 5.74) is 2.86. The van der Waals surface area contributed by atoms with E-state index < -0.39 is 0 Å². The Balaban J connectivity index is 1.69. The standard InChI is InChI=1S/C16H23NO2/c1-16(7-10-18-11-8-16)12-19-14-6-2-4-13-5-3-9-17-15(13)14/h2,4,6,17H,3,5,7-12H2,1H3. The van der Waals surface area contributed by atoms with Crippen LogP contribution in [-0.4, -0.2) is 26.4 Å². The first kappa shape index (κ1) is 12.8. The van der Waals surface area contributed by atoms with Crippen LogP contribution in [0.4, 0.5) is 5.69 Å². The van der Waals surface area contributed by atoms with E-state index in [1.807, 2.05) is 0 Å². The molecule has 1 aromatic carbocycles. The number of benzene rings is 1. The zero-order valence-corrected chi connectivity index (χ0v) is 11.7. The monoisotopic (exact) mass is 261 g/mol. The summed E-state index contributed by atoms with van der Waals surface area (Å²) in [7, 11) is 0. The third-order valence-corrected chi connectivity index (χ3v) is 4.31. The number of rotatable bonds is 3. The fourth-order valence-corrected chi connectivity index (χ4v) is 2.86. The van der Waals surface area contributed by atoms with Gasteiger partial charge in [-0.1, -0.05) is 19.1 Å². The van der Waals surface area contributed by atoms with Crippen LogP contribution in [0, 0.1) is 5.41 Å². The van der Waals surface area contributed by atoms with E-state index in [1.54, 1.807) is 0 Å². The van der Waals surface area contributed by atoms with Crippen molar-refractivity contribution in [1.82, 2.24) is 0 Å². The summed E-state index contributed by atoms with van der Waals surface area (Å²) in [6.07, 6.45) is 4.56. The lowest BCUT2D eigenvalue weighted by molar-refractivity contribution is 0.000424. The Morgan fingerprint density at radius 2 is 2.16 bits per heavy atom.